The molecular weight excluding hydrogens is 386 g/mol. The molecule has 3 aromatic rings. The minimum atomic E-state index is -0.435. The molecule has 0 unspecified atom stereocenters. The summed E-state index contributed by atoms with van der Waals surface area (Å²) in [5.74, 6) is 2.12. The second kappa shape index (κ2) is 10.1. The lowest BCUT2D eigenvalue weighted by Crippen LogP contribution is -2.30. The molecule has 1 aromatic heterocycles. The van der Waals surface area contributed by atoms with E-state index in [0.29, 0.717) is 18.0 Å². The number of H-pyrrole nitrogens is 1. The van der Waals surface area contributed by atoms with E-state index in [2.05, 4.69) is 15.3 Å². The molecule has 0 saturated carbocycles. The number of methoxy groups -OCH3 is 2. The van der Waals surface area contributed by atoms with Gasteiger partial charge >= 0.3 is 0 Å². The molecule has 3 rings (SSSR count). The van der Waals surface area contributed by atoms with Crippen LogP contribution in [0.2, 0.25) is 0 Å². The van der Waals surface area contributed by atoms with Gasteiger partial charge in [-0.15, -0.1) is 0 Å². The zero-order chi connectivity index (χ0) is 21.3. The van der Waals surface area contributed by atoms with Crippen molar-refractivity contribution < 1.29 is 19.0 Å². The van der Waals surface area contributed by atoms with Gasteiger partial charge < -0.3 is 24.5 Å². The molecule has 8 heteroatoms. The standard InChI is InChI=1S/C22H23N3O5/c1-28-16-5-3-15(4-6-16)13-20-24-19(14-21(26)25-20)22(27)23-11-12-30-18-9-7-17(29-2)8-10-18/h3-10,14H,11-13H2,1-2H3,(H,23,27)(H,24,25,26). The summed E-state index contributed by atoms with van der Waals surface area (Å²) in [7, 11) is 3.19. The highest BCUT2D eigenvalue weighted by molar-refractivity contribution is 5.92. The van der Waals surface area contributed by atoms with Gasteiger partial charge in [0.2, 0.25) is 0 Å². The van der Waals surface area contributed by atoms with Crippen LogP contribution in [-0.4, -0.2) is 43.2 Å². The Balaban J connectivity index is 1.55. The van der Waals surface area contributed by atoms with E-state index in [1.54, 1.807) is 38.5 Å². The molecule has 0 atom stereocenters. The van der Waals surface area contributed by atoms with Crippen LogP contribution < -0.4 is 25.1 Å². The first-order valence-corrected chi connectivity index (χ1v) is 9.35. The first kappa shape index (κ1) is 20.9. The first-order chi connectivity index (χ1) is 14.6. The van der Waals surface area contributed by atoms with Crippen LogP contribution in [0.5, 0.6) is 17.2 Å². The van der Waals surface area contributed by atoms with Gasteiger partial charge in [-0.3, -0.25) is 9.59 Å². The number of nitrogens with one attached hydrogen (secondary N) is 2. The number of nitrogens with zero attached hydrogens (tertiary/aromatic N) is 1. The minimum absolute atomic E-state index is 0.0618. The highest BCUT2D eigenvalue weighted by Gasteiger charge is 2.10. The average molecular weight is 409 g/mol. The van der Waals surface area contributed by atoms with E-state index in [4.69, 9.17) is 14.2 Å². The van der Waals surface area contributed by atoms with Gasteiger partial charge in [0.1, 0.15) is 35.4 Å². The van der Waals surface area contributed by atoms with Crippen LogP contribution in [-0.2, 0) is 6.42 Å². The molecule has 30 heavy (non-hydrogen) atoms. The Morgan fingerprint density at radius 1 is 0.967 bits per heavy atom. The van der Waals surface area contributed by atoms with E-state index in [-0.39, 0.29) is 24.4 Å². The van der Waals surface area contributed by atoms with Crippen LogP contribution in [0.4, 0.5) is 0 Å². The molecule has 2 aromatic carbocycles. The van der Waals surface area contributed by atoms with Crippen molar-refractivity contribution in [3.05, 3.63) is 82.0 Å². The van der Waals surface area contributed by atoms with Gasteiger partial charge in [-0.2, -0.15) is 0 Å². The summed E-state index contributed by atoms with van der Waals surface area (Å²) in [6.45, 7) is 0.549. The number of rotatable bonds is 9. The smallest absolute Gasteiger partial charge is 0.270 e. The fourth-order valence-corrected chi connectivity index (χ4v) is 2.74. The van der Waals surface area contributed by atoms with Crippen molar-refractivity contribution in [2.24, 2.45) is 0 Å². The topological polar surface area (TPSA) is 103 Å². The molecule has 1 amide bonds. The fraction of sp³-hybridized carbons (Fsp3) is 0.227. The predicted molar refractivity (Wildman–Crippen MR) is 111 cm³/mol. The van der Waals surface area contributed by atoms with E-state index >= 15 is 0 Å². The Morgan fingerprint density at radius 2 is 1.57 bits per heavy atom. The SMILES string of the molecule is COc1ccc(Cc2nc(C(=O)NCCOc3ccc(OC)cc3)cc(=O)[nH]2)cc1. The lowest BCUT2D eigenvalue weighted by molar-refractivity contribution is 0.0941. The molecule has 0 aliphatic carbocycles. The van der Waals surface area contributed by atoms with Gasteiger partial charge in [0, 0.05) is 12.5 Å². The van der Waals surface area contributed by atoms with E-state index < -0.39 is 5.91 Å². The molecular formula is C22H23N3O5. The van der Waals surface area contributed by atoms with Crippen LogP contribution in [0, 0.1) is 0 Å². The summed E-state index contributed by atoms with van der Waals surface area (Å²) in [5.41, 5.74) is 0.615. The van der Waals surface area contributed by atoms with Gasteiger partial charge in [0.15, 0.2) is 0 Å². The van der Waals surface area contributed by atoms with E-state index in [0.717, 1.165) is 17.1 Å². The van der Waals surface area contributed by atoms with Crippen LogP contribution in [0.25, 0.3) is 0 Å². The van der Waals surface area contributed by atoms with Gasteiger partial charge in [-0.1, -0.05) is 12.1 Å². The summed E-state index contributed by atoms with van der Waals surface area (Å²) in [6.07, 6.45) is 0.390. The molecule has 0 saturated heterocycles. The predicted octanol–water partition coefficient (Wildman–Crippen LogP) is 2.19. The Bertz CT molecular complexity index is 1030. The van der Waals surface area contributed by atoms with E-state index in [9.17, 15) is 9.59 Å². The molecule has 0 bridgehead atoms. The third-order valence-electron chi connectivity index (χ3n) is 4.27. The van der Waals surface area contributed by atoms with E-state index in [1.807, 2.05) is 24.3 Å². The van der Waals surface area contributed by atoms with E-state index in [1.165, 1.54) is 6.07 Å². The molecule has 2 N–H and O–H groups in total. The Kier molecular flexibility index (Phi) is 7.05. The second-order valence-corrected chi connectivity index (χ2v) is 6.38. The Labute approximate surface area is 173 Å². The maximum absolute atomic E-state index is 12.4. The van der Waals surface area contributed by atoms with Crippen LogP contribution in [0.3, 0.4) is 0 Å². The van der Waals surface area contributed by atoms with Crippen molar-refractivity contribution in [2.75, 3.05) is 27.4 Å². The minimum Gasteiger partial charge on any atom is -0.497 e. The van der Waals surface area contributed by atoms with Crippen LogP contribution >= 0.6 is 0 Å². The number of aromatic nitrogens is 2. The highest BCUT2D eigenvalue weighted by Crippen LogP contribution is 2.16. The third-order valence-corrected chi connectivity index (χ3v) is 4.27. The number of benzene rings is 2. The summed E-state index contributed by atoms with van der Waals surface area (Å²) in [4.78, 5) is 31.2. The molecule has 0 fully saturated rings. The van der Waals surface area contributed by atoms with Gasteiger partial charge in [-0.05, 0) is 42.0 Å². The molecule has 1 heterocycles. The molecule has 156 valence electrons. The number of carbonyl (C=O) groups is 1. The lowest BCUT2D eigenvalue weighted by atomic mass is 10.1. The van der Waals surface area contributed by atoms with Crippen LogP contribution in [0.15, 0.2) is 59.4 Å². The highest BCUT2D eigenvalue weighted by atomic mass is 16.5. The molecule has 0 spiro atoms. The van der Waals surface area contributed by atoms with Crippen molar-refractivity contribution in [1.82, 2.24) is 15.3 Å². The summed E-state index contributed by atoms with van der Waals surface area (Å²) < 4.78 is 15.8. The summed E-state index contributed by atoms with van der Waals surface area (Å²) in [5, 5.41) is 2.70. The molecule has 8 nitrogen and oxygen atoms in total. The van der Waals surface area contributed by atoms with Crippen molar-refractivity contribution in [3.8, 4) is 17.2 Å². The number of carbonyl (C=O) groups excluding carboxylic acids is 1. The van der Waals surface area contributed by atoms with Crippen molar-refractivity contribution in [2.45, 2.75) is 6.42 Å². The maximum Gasteiger partial charge on any atom is 0.270 e. The summed E-state index contributed by atoms with van der Waals surface area (Å²) >= 11 is 0. The van der Waals surface area contributed by atoms with Gasteiger partial charge in [-0.25, -0.2) is 4.98 Å². The number of hydrogen-bond donors (Lipinski definition) is 2. The second-order valence-electron chi connectivity index (χ2n) is 6.38. The number of hydrogen-bond acceptors (Lipinski definition) is 6. The third kappa shape index (κ3) is 5.84. The van der Waals surface area contributed by atoms with Crippen molar-refractivity contribution in [3.63, 3.8) is 0 Å². The number of ether oxygens (including phenoxy) is 3. The zero-order valence-electron chi connectivity index (χ0n) is 16.8. The first-order valence-electron chi connectivity index (χ1n) is 9.35. The maximum atomic E-state index is 12.4. The lowest BCUT2D eigenvalue weighted by Gasteiger charge is -2.09. The molecule has 0 radical (unpaired) electrons. The molecule has 0 aliphatic rings. The van der Waals surface area contributed by atoms with Crippen molar-refractivity contribution in [1.29, 1.82) is 0 Å². The van der Waals surface area contributed by atoms with Crippen LogP contribution in [0.1, 0.15) is 21.9 Å². The normalized spacial score (nSPS) is 10.3. The largest absolute Gasteiger partial charge is 0.497 e. The Morgan fingerprint density at radius 3 is 2.20 bits per heavy atom. The van der Waals surface area contributed by atoms with Gasteiger partial charge in [0.25, 0.3) is 11.5 Å². The number of amides is 1. The molecule has 0 aliphatic heterocycles. The zero-order valence-corrected chi connectivity index (χ0v) is 16.8. The van der Waals surface area contributed by atoms with Crippen molar-refractivity contribution >= 4 is 5.91 Å². The average Bonchev–Trinajstić information content (AvgIpc) is 2.77. The monoisotopic (exact) mass is 409 g/mol. The van der Waals surface area contributed by atoms with Gasteiger partial charge in [0.05, 0.1) is 20.8 Å². The number of aromatic amines is 1. The Hall–Kier alpha value is -3.81. The quantitative estimate of drug-likeness (QED) is 0.525. The fourth-order valence-electron chi connectivity index (χ4n) is 2.74. The summed E-state index contributed by atoms with van der Waals surface area (Å²) in [6, 6.07) is 15.7.